The zero-order chi connectivity index (χ0) is 12.5. The average molecular weight is 324 g/mol. The summed E-state index contributed by atoms with van der Waals surface area (Å²) < 4.78 is 6.57. The molecule has 0 amide bonds. The number of ether oxygens (including phenoxy) is 1. The van der Waals surface area contributed by atoms with Crippen molar-refractivity contribution in [1.29, 1.82) is 0 Å². The molecule has 0 saturated heterocycles. The molecule has 1 unspecified atom stereocenters. The predicted octanol–water partition coefficient (Wildman–Crippen LogP) is 4.71. The topological polar surface area (TPSA) is 9.23 Å². The second kappa shape index (κ2) is 4.94. The van der Waals surface area contributed by atoms with E-state index in [1.165, 1.54) is 5.56 Å². The van der Waals surface area contributed by atoms with E-state index in [2.05, 4.69) is 22.0 Å². The molecule has 0 spiro atoms. The van der Waals surface area contributed by atoms with Crippen LogP contribution in [0.25, 0.3) is 0 Å². The SMILES string of the molecule is ClC(c1ccc(Br)cc1)c1ccc2c(c1)CCO2. The van der Waals surface area contributed by atoms with Gasteiger partial charge in [0.15, 0.2) is 0 Å². The summed E-state index contributed by atoms with van der Waals surface area (Å²) in [7, 11) is 0. The number of benzene rings is 2. The first-order chi connectivity index (χ1) is 8.74. The highest BCUT2D eigenvalue weighted by atomic mass is 79.9. The van der Waals surface area contributed by atoms with Gasteiger partial charge in [0.1, 0.15) is 5.75 Å². The Balaban J connectivity index is 1.92. The van der Waals surface area contributed by atoms with E-state index in [9.17, 15) is 0 Å². The molecule has 3 heteroatoms. The van der Waals surface area contributed by atoms with E-state index in [4.69, 9.17) is 16.3 Å². The summed E-state index contributed by atoms with van der Waals surface area (Å²) in [5, 5.41) is -0.107. The van der Waals surface area contributed by atoms with Gasteiger partial charge in [0, 0.05) is 10.9 Å². The maximum absolute atomic E-state index is 6.53. The van der Waals surface area contributed by atoms with Crippen LogP contribution in [-0.2, 0) is 6.42 Å². The monoisotopic (exact) mass is 322 g/mol. The van der Waals surface area contributed by atoms with E-state index in [-0.39, 0.29) is 5.38 Å². The predicted molar refractivity (Wildman–Crippen MR) is 77.5 cm³/mol. The first kappa shape index (κ1) is 12.1. The molecule has 0 N–H and O–H groups in total. The lowest BCUT2D eigenvalue weighted by Crippen LogP contribution is -1.94. The van der Waals surface area contributed by atoms with Crippen molar-refractivity contribution in [2.45, 2.75) is 11.8 Å². The maximum Gasteiger partial charge on any atom is 0.122 e. The van der Waals surface area contributed by atoms with Crippen LogP contribution < -0.4 is 4.74 Å². The molecule has 18 heavy (non-hydrogen) atoms. The summed E-state index contributed by atoms with van der Waals surface area (Å²) in [6.45, 7) is 0.782. The molecule has 0 saturated carbocycles. The summed E-state index contributed by atoms with van der Waals surface area (Å²) in [5.41, 5.74) is 3.50. The van der Waals surface area contributed by atoms with E-state index >= 15 is 0 Å². The summed E-state index contributed by atoms with van der Waals surface area (Å²) in [4.78, 5) is 0. The fraction of sp³-hybridized carbons (Fsp3) is 0.200. The van der Waals surface area contributed by atoms with Gasteiger partial charge >= 0.3 is 0 Å². The molecule has 1 aliphatic rings. The molecule has 0 fully saturated rings. The molecular weight excluding hydrogens is 312 g/mol. The number of hydrogen-bond donors (Lipinski definition) is 0. The van der Waals surface area contributed by atoms with Gasteiger partial charge in [0.25, 0.3) is 0 Å². The van der Waals surface area contributed by atoms with Crippen LogP contribution in [0.4, 0.5) is 0 Å². The summed E-state index contributed by atoms with van der Waals surface area (Å²) in [5.74, 6) is 0.999. The van der Waals surface area contributed by atoms with Gasteiger partial charge < -0.3 is 4.74 Å². The fourth-order valence-electron chi connectivity index (χ4n) is 2.19. The highest BCUT2D eigenvalue weighted by molar-refractivity contribution is 9.10. The van der Waals surface area contributed by atoms with Gasteiger partial charge in [-0.1, -0.05) is 40.2 Å². The highest BCUT2D eigenvalue weighted by Crippen LogP contribution is 2.34. The second-order valence-electron chi connectivity index (χ2n) is 4.38. The van der Waals surface area contributed by atoms with Crippen molar-refractivity contribution in [3.05, 3.63) is 63.6 Å². The van der Waals surface area contributed by atoms with Gasteiger partial charge in [-0.2, -0.15) is 0 Å². The Labute approximate surface area is 120 Å². The maximum atomic E-state index is 6.53. The van der Waals surface area contributed by atoms with Crippen LogP contribution in [0.3, 0.4) is 0 Å². The second-order valence-corrected chi connectivity index (χ2v) is 5.73. The van der Waals surface area contributed by atoms with Crippen LogP contribution in [0, 0.1) is 0 Å². The van der Waals surface area contributed by atoms with Crippen molar-refractivity contribution in [3.63, 3.8) is 0 Å². The van der Waals surface area contributed by atoms with Gasteiger partial charge in [-0.25, -0.2) is 0 Å². The van der Waals surface area contributed by atoms with Crippen molar-refractivity contribution in [3.8, 4) is 5.75 Å². The van der Waals surface area contributed by atoms with E-state index in [1.54, 1.807) is 0 Å². The van der Waals surface area contributed by atoms with Crippen LogP contribution >= 0.6 is 27.5 Å². The van der Waals surface area contributed by atoms with Crippen molar-refractivity contribution in [2.75, 3.05) is 6.61 Å². The first-order valence-electron chi connectivity index (χ1n) is 5.89. The Morgan fingerprint density at radius 3 is 2.56 bits per heavy atom. The number of alkyl halides is 1. The zero-order valence-electron chi connectivity index (χ0n) is 9.70. The third kappa shape index (κ3) is 2.27. The molecule has 0 aliphatic carbocycles. The molecule has 0 bridgehead atoms. The van der Waals surface area contributed by atoms with Crippen LogP contribution in [0.2, 0.25) is 0 Å². The smallest absolute Gasteiger partial charge is 0.122 e. The molecule has 3 rings (SSSR count). The van der Waals surface area contributed by atoms with Gasteiger partial charge in [-0.15, -0.1) is 11.6 Å². The molecule has 1 heterocycles. The van der Waals surface area contributed by atoms with Crippen molar-refractivity contribution in [1.82, 2.24) is 0 Å². The lowest BCUT2D eigenvalue weighted by molar-refractivity contribution is 0.357. The van der Waals surface area contributed by atoms with Crippen LogP contribution in [0.15, 0.2) is 46.9 Å². The zero-order valence-corrected chi connectivity index (χ0v) is 12.0. The molecule has 1 atom stereocenters. The summed E-state index contributed by atoms with van der Waals surface area (Å²) >= 11 is 9.96. The molecule has 2 aromatic carbocycles. The largest absolute Gasteiger partial charge is 0.493 e. The first-order valence-corrected chi connectivity index (χ1v) is 7.12. The van der Waals surface area contributed by atoms with E-state index in [0.29, 0.717) is 0 Å². The van der Waals surface area contributed by atoms with Crippen molar-refractivity contribution >= 4 is 27.5 Å². The standard InChI is InChI=1S/C15H12BrClO/c16-13-4-1-10(2-5-13)15(17)12-3-6-14-11(9-12)7-8-18-14/h1-6,9,15H,7-8H2. The highest BCUT2D eigenvalue weighted by Gasteiger charge is 2.16. The minimum atomic E-state index is -0.107. The lowest BCUT2D eigenvalue weighted by Gasteiger charge is -2.11. The Morgan fingerprint density at radius 1 is 1.06 bits per heavy atom. The van der Waals surface area contributed by atoms with Gasteiger partial charge in [-0.05, 0) is 34.9 Å². The van der Waals surface area contributed by atoms with Gasteiger partial charge in [-0.3, -0.25) is 0 Å². The lowest BCUT2D eigenvalue weighted by atomic mass is 10.0. The molecule has 1 nitrogen and oxygen atoms in total. The Kier molecular flexibility index (Phi) is 3.31. The third-order valence-corrected chi connectivity index (χ3v) is 4.20. The average Bonchev–Trinajstić information content (AvgIpc) is 2.86. The number of hydrogen-bond acceptors (Lipinski definition) is 1. The van der Waals surface area contributed by atoms with E-state index in [0.717, 1.165) is 34.4 Å². The van der Waals surface area contributed by atoms with E-state index in [1.807, 2.05) is 36.4 Å². The van der Waals surface area contributed by atoms with Crippen LogP contribution in [0.5, 0.6) is 5.75 Å². The van der Waals surface area contributed by atoms with E-state index < -0.39 is 0 Å². The fourth-order valence-corrected chi connectivity index (χ4v) is 2.73. The molecule has 92 valence electrons. The number of fused-ring (bicyclic) bond motifs is 1. The molecule has 1 aliphatic heterocycles. The van der Waals surface area contributed by atoms with Crippen molar-refractivity contribution in [2.24, 2.45) is 0 Å². The quantitative estimate of drug-likeness (QED) is 0.727. The minimum absolute atomic E-state index is 0.107. The van der Waals surface area contributed by atoms with Gasteiger partial charge in [0.2, 0.25) is 0 Å². The normalized spacial score (nSPS) is 15.0. The Bertz CT molecular complexity index is 565. The molecule has 0 radical (unpaired) electrons. The Hall–Kier alpha value is -0.990. The molecule has 0 aromatic heterocycles. The Morgan fingerprint density at radius 2 is 1.78 bits per heavy atom. The van der Waals surface area contributed by atoms with Crippen LogP contribution in [0.1, 0.15) is 22.1 Å². The summed E-state index contributed by atoms with van der Waals surface area (Å²) in [6.07, 6.45) is 0.979. The molecular formula is C15H12BrClO. The van der Waals surface area contributed by atoms with Crippen molar-refractivity contribution < 1.29 is 4.74 Å². The van der Waals surface area contributed by atoms with Crippen LogP contribution in [-0.4, -0.2) is 6.61 Å². The summed E-state index contributed by atoms with van der Waals surface area (Å²) in [6, 6.07) is 14.3. The number of rotatable bonds is 2. The number of halogens is 2. The van der Waals surface area contributed by atoms with Gasteiger partial charge in [0.05, 0.1) is 12.0 Å². The molecule has 2 aromatic rings. The third-order valence-electron chi connectivity index (χ3n) is 3.17. The minimum Gasteiger partial charge on any atom is -0.493 e.